The SMILES string of the molecule is CCn1cc(N)c(=O)n(CCC(C)(C)C#N)c1=O. The first-order valence-electron chi connectivity index (χ1n) is 5.83. The van der Waals surface area contributed by atoms with E-state index in [4.69, 9.17) is 11.0 Å². The zero-order chi connectivity index (χ0) is 13.9. The Morgan fingerprint density at radius 1 is 1.44 bits per heavy atom. The van der Waals surface area contributed by atoms with Crippen LogP contribution in [0.15, 0.2) is 15.8 Å². The number of aryl methyl sites for hydroxylation is 1. The Balaban J connectivity index is 3.18. The Morgan fingerprint density at radius 3 is 2.56 bits per heavy atom. The average Bonchev–Trinajstić information content (AvgIpc) is 2.33. The molecule has 6 heteroatoms. The van der Waals surface area contributed by atoms with Gasteiger partial charge in [0.1, 0.15) is 5.69 Å². The lowest BCUT2D eigenvalue weighted by Crippen LogP contribution is -2.41. The summed E-state index contributed by atoms with van der Waals surface area (Å²) >= 11 is 0. The van der Waals surface area contributed by atoms with E-state index in [2.05, 4.69) is 6.07 Å². The highest BCUT2D eigenvalue weighted by molar-refractivity contribution is 5.30. The van der Waals surface area contributed by atoms with Crippen LogP contribution >= 0.6 is 0 Å². The number of rotatable bonds is 4. The maximum absolute atomic E-state index is 12.0. The van der Waals surface area contributed by atoms with Gasteiger partial charge in [0.2, 0.25) is 0 Å². The number of anilines is 1. The van der Waals surface area contributed by atoms with Crippen LogP contribution in [0.25, 0.3) is 0 Å². The lowest BCUT2D eigenvalue weighted by atomic mass is 9.91. The van der Waals surface area contributed by atoms with Crippen LogP contribution in [0.1, 0.15) is 27.2 Å². The van der Waals surface area contributed by atoms with Gasteiger partial charge in [0.05, 0.1) is 11.5 Å². The van der Waals surface area contributed by atoms with E-state index in [0.717, 1.165) is 4.57 Å². The van der Waals surface area contributed by atoms with Crippen molar-refractivity contribution in [3.63, 3.8) is 0 Å². The van der Waals surface area contributed by atoms with Crippen LogP contribution in [0.3, 0.4) is 0 Å². The predicted octanol–water partition coefficient (Wildman–Crippen LogP) is 0.552. The number of hydrogen-bond acceptors (Lipinski definition) is 4. The molecule has 0 radical (unpaired) electrons. The van der Waals surface area contributed by atoms with Gasteiger partial charge in [-0.25, -0.2) is 4.79 Å². The standard InChI is InChI=1S/C12H18N4O2/c1-4-15-7-9(14)10(17)16(11(15)18)6-5-12(2,3)8-13/h7H,4-6,14H2,1-3H3. The minimum Gasteiger partial charge on any atom is -0.393 e. The monoisotopic (exact) mass is 250 g/mol. The summed E-state index contributed by atoms with van der Waals surface area (Å²) < 4.78 is 2.48. The smallest absolute Gasteiger partial charge is 0.331 e. The highest BCUT2D eigenvalue weighted by Crippen LogP contribution is 2.18. The molecule has 0 atom stereocenters. The van der Waals surface area contributed by atoms with Crippen molar-refractivity contribution >= 4 is 5.69 Å². The summed E-state index contributed by atoms with van der Waals surface area (Å²) in [5.74, 6) is 0. The minimum atomic E-state index is -0.576. The van der Waals surface area contributed by atoms with E-state index in [0.29, 0.717) is 13.0 Å². The zero-order valence-electron chi connectivity index (χ0n) is 10.9. The van der Waals surface area contributed by atoms with Crippen molar-refractivity contribution in [3.05, 3.63) is 27.0 Å². The number of nitrogens with zero attached hydrogens (tertiary/aromatic N) is 3. The molecule has 0 bridgehead atoms. The van der Waals surface area contributed by atoms with Crippen LogP contribution in [0, 0.1) is 16.7 Å². The van der Waals surface area contributed by atoms with Gasteiger partial charge < -0.3 is 5.73 Å². The summed E-state index contributed by atoms with van der Waals surface area (Å²) in [4.78, 5) is 23.8. The summed E-state index contributed by atoms with van der Waals surface area (Å²) in [6.07, 6.45) is 1.78. The van der Waals surface area contributed by atoms with Crippen LogP contribution in [0.4, 0.5) is 5.69 Å². The highest BCUT2D eigenvalue weighted by Gasteiger charge is 2.18. The van der Waals surface area contributed by atoms with Gasteiger partial charge in [-0.15, -0.1) is 0 Å². The fraction of sp³-hybridized carbons (Fsp3) is 0.583. The van der Waals surface area contributed by atoms with Crippen molar-refractivity contribution in [3.8, 4) is 6.07 Å². The molecule has 0 aliphatic heterocycles. The molecule has 0 unspecified atom stereocenters. The Labute approximate surface area is 105 Å². The van der Waals surface area contributed by atoms with E-state index in [1.807, 2.05) is 0 Å². The van der Waals surface area contributed by atoms with Gasteiger partial charge in [-0.1, -0.05) is 0 Å². The number of nitrogen functional groups attached to an aromatic ring is 1. The van der Waals surface area contributed by atoms with E-state index in [-0.39, 0.29) is 17.9 Å². The molecular weight excluding hydrogens is 232 g/mol. The van der Waals surface area contributed by atoms with Gasteiger partial charge in [0, 0.05) is 19.3 Å². The van der Waals surface area contributed by atoms with Crippen molar-refractivity contribution in [2.75, 3.05) is 5.73 Å². The maximum atomic E-state index is 12.0. The Kier molecular flexibility index (Phi) is 3.96. The third-order valence-electron chi connectivity index (χ3n) is 2.87. The fourth-order valence-corrected chi connectivity index (χ4v) is 1.55. The molecular formula is C12H18N4O2. The van der Waals surface area contributed by atoms with Crippen molar-refractivity contribution in [2.45, 2.75) is 40.3 Å². The molecule has 1 aromatic heterocycles. The largest absolute Gasteiger partial charge is 0.393 e. The molecule has 0 aliphatic rings. The second kappa shape index (κ2) is 5.08. The molecule has 1 rings (SSSR count). The summed E-state index contributed by atoms with van der Waals surface area (Å²) in [7, 11) is 0. The van der Waals surface area contributed by atoms with E-state index in [9.17, 15) is 9.59 Å². The third kappa shape index (κ3) is 2.80. The molecule has 98 valence electrons. The molecule has 0 spiro atoms. The van der Waals surface area contributed by atoms with Crippen LogP contribution in [-0.4, -0.2) is 9.13 Å². The quantitative estimate of drug-likeness (QED) is 0.844. The topological polar surface area (TPSA) is 93.8 Å². The first-order valence-corrected chi connectivity index (χ1v) is 5.83. The van der Waals surface area contributed by atoms with Crippen LogP contribution in [0.5, 0.6) is 0 Å². The van der Waals surface area contributed by atoms with E-state index < -0.39 is 11.0 Å². The average molecular weight is 250 g/mol. The molecule has 2 N–H and O–H groups in total. The molecule has 6 nitrogen and oxygen atoms in total. The predicted molar refractivity (Wildman–Crippen MR) is 69.1 cm³/mol. The Hall–Kier alpha value is -2.03. The van der Waals surface area contributed by atoms with Gasteiger partial charge in [-0.05, 0) is 27.2 Å². The van der Waals surface area contributed by atoms with Gasteiger partial charge in [0.25, 0.3) is 5.56 Å². The maximum Gasteiger partial charge on any atom is 0.331 e. The lowest BCUT2D eigenvalue weighted by Gasteiger charge is -2.16. The molecule has 0 fully saturated rings. The first-order chi connectivity index (χ1) is 8.32. The molecule has 0 saturated heterocycles. The van der Waals surface area contributed by atoms with Crippen LogP contribution < -0.4 is 17.0 Å². The number of nitriles is 1. The Bertz CT molecular complexity index is 590. The molecule has 0 amide bonds. The van der Waals surface area contributed by atoms with Crippen molar-refractivity contribution in [1.82, 2.24) is 9.13 Å². The van der Waals surface area contributed by atoms with Crippen LogP contribution in [-0.2, 0) is 13.1 Å². The highest BCUT2D eigenvalue weighted by atomic mass is 16.2. The second-order valence-corrected chi connectivity index (χ2v) is 4.86. The van der Waals surface area contributed by atoms with E-state index >= 15 is 0 Å². The zero-order valence-corrected chi connectivity index (χ0v) is 10.9. The van der Waals surface area contributed by atoms with Gasteiger partial charge in [0.15, 0.2) is 0 Å². The van der Waals surface area contributed by atoms with Crippen molar-refractivity contribution in [1.29, 1.82) is 5.26 Å². The minimum absolute atomic E-state index is 0.0474. The van der Waals surface area contributed by atoms with Crippen LogP contribution in [0.2, 0.25) is 0 Å². The lowest BCUT2D eigenvalue weighted by molar-refractivity contribution is 0.398. The molecule has 0 aromatic carbocycles. The molecule has 0 saturated carbocycles. The van der Waals surface area contributed by atoms with Gasteiger partial charge in [-0.2, -0.15) is 5.26 Å². The summed E-state index contributed by atoms with van der Waals surface area (Å²) in [6, 6.07) is 2.14. The van der Waals surface area contributed by atoms with E-state index in [1.165, 1.54) is 10.8 Å². The number of hydrogen-bond donors (Lipinski definition) is 1. The number of nitrogens with two attached hydrogens (primary N) is 1. The first kappa shape index (κ1) is 14.0. The van der Waals surface area contributed by atoms with Crippen molar-refractivity contribution in [2.24, 2.45) is 5.41 Å². The Morgan fingerprint density at radius 2 is 2.06 bits per heavy atom. The van der Waals surface area contributed by atoms with E-state index in [1.54, 1.807) is 20.8 Å². The van der Waals surface area contributed by atoms with Gasteiger partial charge >= 0.3 is 5.69 Å². The molecule has 18 heavy (non-hydrogen) atoms. The number of aromatic nitrogens is 2. The van der Waals surface area contributed by atoms with Crippen molar-refractivity contribution < 1.29 is 0 Å². The molecule has 0 aliphatic carbocycles. The normalized spacial score (nSPS) is 11.2. The summed E-state index contributed by atoms with van der Waals surface area (Å²) in [5, 5.41) is 8.92. The summed E-state index contributed by atoms with van der Waals surface area (Å²) in [5.41, 5.74) is 4.18. The summed E-state index contributed by atoms with van der Waals surface area (Å²) in [6.45, 7) is 5.98. The fourth-order valence-electron chi connectivity index (χ4n) is 1.55. The van der Waals surface area contributed by atoms with Gasteiger partial charge in [-0.3, -0.25) is 13.9 Å². The molecule has 1 aromatic rings. The second-order valence-electron chi connectivity index (χ2n) is 4.86. The third-order valence-corrected chi connectivity index (χ3v) is 2.87. The molecule has 1 heterocycles.